The Bertz CT molecular complexity index is 313. The quantitative estimate of drug-likeness (QED) is 0.822. The third-order valence-corrected chi connectivity index (χ3v) is 5.72. The summed E-state index contributed by atoms with van der Waals surface area (Å²) in [5.74, 6) is 1.07. The standard InChI is InChI=1S/C16H30N2O/c1-3-15(8-4-5-9-15)14(19)18-16(12-17)10-6-13(2)7-11-16/h13H,3-12,17H2,1-2H3,(H,18,19). The molecule has 0 bridgehead atoms. The van der Waals surface area contributed by atoms with E-state index in [1.54, 1.807) is 0 Å². The van der Waals surface area contributed by atoms with Gasteiger partial charge in [0.1, 0.15) is 0 Å². The molecule has 2 aliphatic carbocycles. The molecule has 2 rings (SSSR count). The first kappa shape index (κ1) is 14.8. The Labute approximate surface area is 117 Å². The maximum Gasteiger partial charge on any atom is 0.226 e. The third kappa shape index (κ3) is 2.96. The van der Waals surface area contributed by atoms with Crippen molar-refractivity contribution in [2.75, 3.05) is 6.54 Å². The fraction of sp³-hybridized carbons (Fsp3) is 0.938. The minimum absolute atomic E-state index is 0.0920. The van der Waals surface area contributed by atoms with Gasteiger partial charge in [-0.25, -0.2) is 0 Å². The van der Waals surface area contributed by atoms with Gasteiger partial charge in [-0.05, 0) is 50.9 Å². The van der Waals surface area contributed by atoms with Crippen molar-refractivity contribution in [3.8, 4) is 0 Å². The highest BCUT2D eigenvalue weighted by atomic mass is 16.2. The SMILES string of the molecule is CCC1(C(=O)NC2(CN)CCC(C)CC2)CCCC1. The van der Waals surface area contributed by atoms with Crippen LogP contribution in [0.5, 0.6) is 0 Å². The zero-order valence-electron chi connectivity index (χ0n) is 12.6. The van der Waals surface area contributed by atoms with E-state index in [2.05, 4.69) is 19.2 Å². The molecule has 0 unspecified atom stereocenters. The highest BCUT2D eigenvalue weighted by Crippen LogP contribution is 2.42. The van der Waals surface area contributed by atoms with E-state index >= 15 is 0 Å². The predicted octanol–water partition coefficient (Wildman–Crippen LogP) is 2.98. The first-order valence-corrected chi connectivity index (χ1v) is 8.08. The van der Waals surface area contributed by atoms with Gasteiger partial charge < -0.3 is 11.1 Å². The van der Waals surface area contributed by atoms with Crippen LogP contribution in [0.1, 0.15) is 71.6 Å². The van der Waals surface area contributed by atoms with Gasteiger partial charge in [0.25, 0.3) is 0 Å². The molecule has 19 heavy (non-hydrogen) atoms. The summed E-state index contributed by atoms with van der Waals surface area (Å²) in [5, 5.41) is 3.37. The molecule has 2 aliphatic rings. The van der Waals surface area contributed by atoms with E-state index in [1.807, 2.05) is 0 Å². The number of carbonyl (C=O) groups excluding carboxylic acids is 1. The zero-order chi connectivity index (χ0) is 13.9. The molecule has 2 saturated carbocycles. The summed E-state index contributed by atoms with van der Waals surface area (Å²) in [7, 11) is 0. The molecule has 110 valence electrons. The summed E-state index contributed by atoms with van der Waals surface area (Å²) < 4.78 is 0. The highest BCUT2D eigenvalue weighted by Gasteiger charge is 2.43. The Morgan fingerprint density at radius 3 is 2.26 bits per heavy atom. The molecule has 0 aliphatic heterocycles. The Kier molecular flexibility index (Phi) is 4.54. The van der Waals surface area contributed by atoms with Crippen molar-refractivity contribution in [1.82, 2.24) is 5.32 Å². The van der Waals surface area contributed by atoms with Gasteiger partial charge in [-0.2, -0.15) is 0 Å². The van der Waals surface area contributed by atoms with E-state index in [0.29, 0.717) is 6.54 Å². The molecule has 0 spiro atoms. The number of carbonyl (C=O) groups is 1. The lowest BCUT2D eigenvalue weighted by Gasteiger charge is -2.42. The Morgan fingerprint density at radius 2 is 1.79 bits per heavy atom. The van der Waals surface area contributed by atoms with Crippen LogP contribution in [0.3, 0.4) is 0 Å². The second kappa shape index (κ2) is 5.82. The molecule has 3 nitrogen and oxygen atoms in total. The number of hydrogen-bond donors (Lipinski definition) is 2. The van der Waals surface area contributed by atoms with E-state index < -0.39 is 0 Å². The topological polar surface area (TPSA) is 55.1 Å². The maximum atomic E-state index is 12.7. The summed E-state index contributed by atoms with van der Waals surface area (Å²) in [6.45, 7) is 5.04. The largest absolute Gasteiger partial charge is 0.349 e. The van der Waals surface area contributed by atoms with Crippen LogP contribution in [0, 0.1) is 11.3 Å². The molecule has 0 aromatic carbocycles. The molecular weight excluding hydrogens is 236 g/mol. The summed E-state index contributed by atoms with van der Waals surface area (Å²) in [6.07, 6.45) is 9.98. The highest BCUT2D eigenvalue weighted by molar-refractivity contribution is 5.83. The van der Waals surface area contributed by atoms with Gasteiger partial charge in [0.2, 0.25) is 5.91 Å². The van der Waals surface area contributed by atoms with E-state index in [4.69, 9.17) is 5.73 Å². The second-order valence-corrected chi connectivity index (χ2v) is 6.96. The molecule has 0 radical (unpaired) electrons. The number of nitrogens with one attached hydrogen (secondary N) is 1. The Morgan fingerprint density at radius 1 is 1.21 bits per heavy atom. The summed E-state index contributed by atoms with van der Waals surface area (Å²) >= 11 is 0. The number of hydrogen-bond acceptors (Lipinski definition) is 2. The van der Waals surface area contributed by atoms with Gasteiger partial charge in [-0.1, -0.05) is 26.7 Å². The minimum Gasteiger partial charge on any atom is -0.349 e. The number of amides is 1. The monoisotopic (exact) mass is 266 g/mol. The van der Waals surface area contributed by atoms with Gasteiger partial charge in [0, 0.05) is 12.0 Å². The van der Waals surface area contributed by atoms with Crippen molar-refractivity contribution in [2.45, 2.75) is 77.2 Å². The van der Waals surface area contributed by atoms with Gasteiger partial charge in [0.15, 0.2) is 0 Å². The van der Waals surface area contributed by atoms with E-state index in [9.17, 15) is 4.79 Å². The van der Waals surface area contributed by atoms with E-state index in [1.165, 1.54) is 25.7 Å². The molecule has 0 atom stereocenters. The zero-order valence-corrected chi connectivity index (χ0v) is 12.6. The summed E-state index contributed by atoms with van der Waals surface area (Å²) in [5.41, 5.74) is 5.79. The van der Waals surface area contributed by atoms with Crippen molar-refractivity contribution >= 4 is 5.91 Å². The predicted molar refractivity (Wildman–Crippen MR) is 78.8 cm³/mol. The maximum absolute atomic E-state index is 12.7. The molecule has 0 aromatic heterocycles. The van der Waals surface area contributed by atoms with Crippen LogP contribution in [-0.2, 0) is 4.79 Å². The smallest absolute Gasteiger partial charge is 0.226 e. The molecule has 1 amide bonds. The fourth-order valence-electron chi connectivity index (χ4n) is 3.86. The molecular formula is C16H30N2O. The average molecular weight is 266 g/mol. The number of rotatable bonds is 4. The van der Waals surface area contributed by atoms with Gasteiger partial charge in [-0.3, -0.25) is 4.79 Å². The minimum atomic E-state index is -0.117. The first-order chi connectivity index (χ1) is 9.06. The molecule has 0 heterocycles. The number of nitrogens with two attached hydrogens (primary N) is 1. The summed E-state index contributed by atoms with van der Waals surface area (Å²) in [6, 6.07) is 0. The lowest BCUT2D eigenvalue weighted by molar-refractivity contribution is -0.133. The van der Waals surface area contributed by atoms with Crippen LogP contribution in [0.15, 0.2) is 0 Å². The van der Waals surface area contributed by atoms with Gasteiger partial charge in [0.05, 0.1) is 5.54 Å². The van der Waals surface area contributed by atoms with Crippen molar-refractivity contribution in [1.29, 1.82) is 0 Å². The van der Waals surface area contributed by atoms with Crippen LogP contribution in [-0.4, -0.2) is 18.0 Å². The van der Waals surface area contributed by atoms with Gasteiger partial charge >= 0.3 is 0 Å². The molecule has 0 aromatic rings. The van der Waals surface area contributed by atoms with Crippen LogP contribution >= 0.6 is 0 Å². The lowest BCUT2D eigenvalue weighted by Crippen LogP contribution is -2.58. The van der Waals surface area contributed by atoms with E-state index in [-0.39, 0.29) is 16.9 Å². The fourth-order valence-corrected chi connectivity index (χ4v) is 3.86. The summed E-state index contributed by atoms with van der Waals surface area (Å²) in [4.78, 5) is 12.7. The van der Waals surface area contributed by atoms with Crippen molar-refractivity contribution < 1.29 is 4.79 Å². The first-order valence-electron chi connectivity index (χ1n) is 8.08. The van der Waals surface area contributed by atoms with E-state index in [0.717, 1.165) is 38.0 Å². The van der Waals surface area contributed by atoms with Gasteiger partial charge in [-0.15, -0.1) is 0 Å². The third-order valence-electron chi connectivity index (χ3n) is 5.72. The molecule has 3 N–H and O–H groups in total. The Hall–Kier alpha value is -0.570. The molecule has 3 heteroatoms. The van der Waals surface area contributed by atoms with Crippen molar-refractivity contribution in [2.24, 2.45) is 17.1 Å². The van der Waals surface area contributed by atoms with Crippen LogP contribution in [0.25, 0.3) is 0 Å². The van der Waals surface area contributed by atoms with Crippen LogP contribution in [0.4, 0.5) is 0 Å². The van der Waals surface area contributed by atoms with Crippen molar-refractivity contribution in [3.63, 3.8) is 0 Å². The molecule has 0 saturated heterocycles. The van der Waals surface area contributed by atoms with Crippen LogP contribution < -0.4 is 11.1 Å². The Balaban J connectivity index is 2.03. The lowest BCUT2D eigenvalue weighted by atomic mass is 9.75. The normalized spacial score (nSPS) is 34.2. The average Bonchev–Trinajstić information content (AvgIpc) is 2.92. The molecule has 2 fully saturated rings. The van der Waals surface area contributed by atoms with Crippen molar-refractivity contribution in [3.05, 3.63) is 0 Å². The van der Waals surface area contributed by atoms with Crippen LogP contribution in [0.2, 0.25) is 0 Å². The second-order valence-electron chi connectivity index (χ2n) is 6.96.